The van der Waals surface area contributed by atoms with Gasteiger partial charge in [0.15, 0.2) is 0 Å². The monoisotopic (exact) mass is 590 g/mol. The molecule has 0 saturated carbocycles. The highest BCUT2D eigenvalue weighted by atomic mass is 35.5. The topological polar surface area (TPSA) is 79.0 Å². The summed E-state index contributed by atoms with van der Waals surface area (Å²) < 4.78 is 37.7. The highest BCUT2D eigenvalue weighted by Crippen LogP contribution is 2.24. The van der Waals surface area contributed by atoms with E-state index in [4.69, 9.17) is 27.9 Å². The molecular formula is C30H18Cl2F2N4O3. The van der Waals surface area contributed by atoms with Crippen LogP contribution in [0.4, 0.5) is 8.78 Å². The molecule has 2 aromatic heterocycles. The maximum absolute atomic E-state index is 14.7. The number of hydrogen-bond acceptors (Lipinski definition) is 5. The smallest absolute Gasteiger partial charge is 0.269 e. The molecule has 204 valence electrons. The number of nitrogens with zero attached hydrogens (tertiary/aromatic N) is 4. The van der Waals surface area contributed by atoms with Crippen LogP contribution in [-0.2, 0) is 18.0 Å². The van der Waals surface area contributed by atoms with Crippen molar-refractivity contribution in [1.29, 1.82) is 0 Å². The molecule has 0 radical (unpaired) electrons. The van der Waals surface area contributed by atoms with Crippen LogP contribution in [0.5, 0.6) is 0 Å². The molecule has 0 aliphatic heterocycles. The number of halogens is 4. The Hall–Kier alpha value is -4.44. The van der Waals surface area contributed by atoms with Crippen LogP contribution in [-0.4, -0.2) is 19.1 Å². The molecule has 0 fully saturated rings. The summed E-state index contributed by atoms with van der Waals surface area (Å²) in [5, 5.41) is 0.113. The highest BCUT2D eigenvalue weighted by Gasteiger charge is 2.20. The quantitative estimate of drug-likeness (QED) is 0.225. The predicted molar refractivity (Wildman–Crippen MR) is 153 cm³/mol. The Labute approximate surface area is 240 Å². The lowest BCUT2D eigenvalue weighted by molar-refractivity contribution is 0.0937. The minimum Gasteiger partial charge on any atom is -0.366 e. The van der Waals surface area contributed by atoms with Crippen LogP contribution >= 0.6 is 23.2 Å². The summed E-state index contributed by atoms with van der Waals surface area (Å²) >= 11 is 12.8. The molecule has 0 N–H and O–H groups in total. The molecule has 0 unspecified atom stereocenters. The van der Waals surface area contributed by atoms with Gasteiger partial charge < -0.3 is 4.74 Å². The first kappa shape index (κ1) is 26.8. The molecule has 41 heavy (non-hydrogen) atoms. The molecular weight excluding hydrogens is 573 g/mol. The molecule has 0 aliphatic carbocycles. The Morgan fingerprint density at radius 1 is 0.610 bits per heavy atom. The molecule has 0 saturated heterocycles. The lowest BCUT2D eigenvalue weighted by Crippen LogP contribution is -2.27. The third kappa shape index (κ3) is 4.78. The minimum atomic E-state index is -0.718. The molecule has 0 amide bonds. The highest BCUT2D eigenvalue weighted by molar-refractivity contribution is 6.32. The van der Waals surface area contributed by atoms with Gasteiger partial charge in [0.1, 0.15) is 47.3 Å². The summed E-state index contributed by atoms with van der Waals surface area (Å²) in [7, 11) is 0. The molecule has 4 aromatic carbocycles. The molecule has 0 atom stereocenters. The number of rotatable bonds is 6. The van der Waals surface area contributed by atoms with Crippen molar-refractivity contribution in [2.24, 2.45) is 0 Å². The molecule has 0 spiro atoms. The Kier molecular flexibility index (Phi) is 7.08. The standard InChI is InChI=1S/C30H18Cl2F2N4O3/c31-17-7-1-3-13-23(17)37-25(35-21-11-5-9-19(33)27(21)29(37)39)15-41-16-26-36-22-12-6-10-20(34)28(22)30(40)38(26)24-14-4-2-8-18(24)32/h1-14H,15-16H2. The van der Waals surface area contributed by atoms with E-state index in [0.717, 1.165) is 0 Å². The van der Waals surface area contributed by atoms with Gasteiger partial charge in [0.05, 0.1) is 32.5 Å². The summed E-state index contributed by atoms with van der Waals surface area (Å²) in [6, 6.07) is 21.5. The number of benzene rings is 4. The summed E-state index contributed by atoms with van der Waals surface area (Å²) in [5.41, 5.74) is -0.446. The van der Waals surface area contributed by atoms with Crippen molar-refractivity contribution in [2.45, 2.75) is 13.2 Å². The summed E-state index contributed by atoms with van der Waals surface area (Å²) in [6.45, 7) is -0.487. The van der Waals surface area contributed by atoms with Crippen molar-refractivity contribution in [3.63, 3.8) is 0 Å². The number of aromatic nitrogens is 4. The lowest BCUT2D eigenvalue weighted by atomic mass is 10.2. The van der Waals surface area contributed by atoms with Gasteiger partial charge in [0, 0.05) is 0 Å². The van der Waals surface area contributed by atoms with Crippen LogP contribution in [0, 0.1) is 11.6 Å². The SMILES string of the molecule is O=c1c2c(F)cccc2nc(COCc2nc3cccc(F)c3c(=O)n2-c2ccccc2Cl)n1-c1ccccc1Cl. The average Bonchev–Trinajstić information content (AvgIpc) is 2.94. The maximum Gasteiger partial charge on any atom is 0.269 e. The Morgan fingerprint density at radius 3 is 1.44 bits per heavy atom. The van der Waals surface area contributed by atoms with Gasteiger partial charge in [0.2, 0.25) is 0 Å². The van der Waals surface area contributed by atoms with Gasteiger partial charge in [-0.2, -0.15) is 0 Å². The fraction of sp³-hybridized carbons (Fsp3) is 0.0667. The van der Waals surface area contributed by atoms with Crippen LogP contribution in [0.25, 0.3) is 33.2 Å². The second-order valence-electron chi connectivity index (χ2n) is 9.00. The van der Waals surface area contributed by atoms with Crippen LogP contribution in [0.15, 0.2) is 94.5 Å². The number of para-hydroxylation sites is 2. The van der Waals surface area contributed by atoms with E-state index >= 15 is 0 Å². The lowest BCUT2D eigenvalue weighted by Gasteiger charge is -2.17. The van der Waals surface area contributed by atoms with Crippen LogP contribution in [0.1, 0.15) is 11.6 Å². The van der Waals surface area contributed by atoms with Gasteiger partial charge in [-0.3, -0.25) is 18.7 Å². The van der Waals surface area contributed by atoms with Gasteiger partial charge in [0.25, 0.3) is 11.1 Å². The van der Waals surface area contributed by atoms with Crippen molar-refractivity contribution in [3.8, 4) is 11.4 Å². The number of hydrogen-bond donors (Lipinski definition) is 0. The zero-order chi connectivity index (χ0) is 28.7. The molecule has 7 nitrogen and oxygen atoms in total. The molecule has 0 bridgehead atoms. The van der Waals surface area contributed by atoms with Crippen LogP contribution in [0.3, 0.4) is 0 Å². The summed E-state index contributed by atoms with van der Waals surface area (Å²) in [4.78, 5) is 36.0. The van der Waals surface area contributed by atoms with Crippen molar-refractivity contribution < 1.29 is 13.5 Å². The van der Waals surface area contributed by atoms with E-state index < -0.39 is 22.8 Å². The first-order valence-corrected chi connectivity index (χ1v) is 13.1. The molecule has 11 heteroatoms. The van der Waals surface area contributed by atoms with Crippen molar-refractivity contribution in [2.75, 3.05) is 0 Å². The van der Waals surface area contributed by atoms with Crippen LogP contribution < -0.4 is 11.1 Å². The maximum atomic E-state index is 14.7. The van der Waals surface area contributed by atoms with E-state index in [9.17, 15) is 18.4 Å². The zero-order valence-corrected chi connectivity index (χ0v) is 22.5. The fourth-order valence-electron chi connectivity index (χ4n) is 4.66. The fourth-order valence-corrected chi connectivity index (χ4v) is 5.10. The van der Waals surface area contributed by atoms with E-state index in [2.05, 4.69) is 9.97 Å². The third-order valence-electron chi connectivity index (χ3n) is 6.48. The summed E-state index contributed by atoms with van der Waals surface area (Å²) in [5.74, 6) is -1.16. The van der Waals surface area contributed by atoms with E-state index in [-0.39, 0.29) is 56.7 Å². The van der Waals surface area contributed by atoms with Gasteiger partial charge in [-0.15, -0.1) is 0 Å². The van der Waals surface area contributed by atoms with Crippen molar-refractivity contribution >= 4 is 45.0 Å². The minimum absolute atomic E-state index is 0.139. The first-order valence-electron chi connectivity index (χ1n) is 12.3. The Balaban J connectivity index is 1.46. The van der Waals surface area contributed by atoms with Crippen molar-refractivity contribution in [1.82, 2.24) is 19.1 Å². The number of fused-ring (bicyclic) bond motifs is 2. The molecule has 0 aliphatic rings. The molecule has 6 rings (SSSR count). The van der Waals surface area contributed by atoms with Gasteiger partial charge >= 0.3 is 0 Å². The number of ether oxygens (including phenoxy) is 1. The average molecular weight is 591 g/mol. The normalized spacial score (nSPS) is 11.4. The van der Waals surface area contributed by atoms with E-state index in [0.29, 0.717) is 11.4 Å². The van der Waals surface area contributed by atoms with Gasteiger partial charge in [-0.1, -0.05) is 59.6 Å². The Bertz CT molecular complexity index is 1950. The molecule has 6 aromatic rings. The second-order valence-corrected chi connectivity index (χ2v) is 9.82. The third-order valence-corrected chi connectivity index (χ3v) is 7.12. The van der Waals surface area contributed by atoms with Crippen molar-refractivity contribution in [3.05, 3.63) is 139 Å². The van der Waals surface area contributed by atoms with Gasteiger partial charge in [-0.05, 0) is 48.5 Å². The van der Waals surface area contributed by atoms with Gasteiger partial charge in [-0.25, -0.2) is 18.7 Å². The Morgan fingerprint density at radius 2 is 1.02 bits per heavy atom. The van der Waals surface area contributed by atoms with E-state index in [1.54, 1.807) is 48.5 Å². The van der Waals surface area contributed by atoms with E-state index in [1.165, 1.54) is 45.5 Å². The largest absolute Gasteiger partial charge is 0.366 e. The predicted octanol–water partition coefficient (Wildman–Crippen LogP) is 6.39. The molecule has 2 heterocycles. The summed E-state index contributed by atoms with van der Waals surface area (Å²) in [6.07, 6.45) is 0. The van der Waals surface area contributed by atoms with E-state index in [1.807, 2.05) is 0 Å². The van der Waals surface area contributed by atoms with Crippen LogP contribution in [0.2, 0.25) is 10.0 Å². The zero-order valence-electron chi connectivity index (χ0n) is 21.0. The second kappa shape index (κ2) is 10.9. The first-order chi connectivity index (χ1) is 19.8.